The van der Waals surface area contributed by atoms with Gasteiger partial charge in [-0.2, -0.15) is 0 Å². The Bertz CT molecular complexity index is 1270. The van der Waals surface area contributed by atoms with Crippen LogP contribution < -0.4 is 9.47 Å². The van der Waals surface area contributed by atoms with Gasteiger partial charge < -0.3 is 18.6 Å². The Labute approximate surface area is 185 Å². The van der Waals surface area contributed by atoms with E-state index in [4.69, 9.17) is 14.2 Å². The Hall–Kier alpha value is -4.13. The number of aromatic nitrogens is 2. The molecule has 0 aliphatic carbocycles. The molecule has 162 valence electrons. The van der Waals surface area contributed by atoms with Crippen molar-refractivity contribution in [1.82, 2.24) is 9.38 Å². The molecular weight excluding hydrogens is 408 g/mol. The molecule has 0 aliphatic rings. The normalized spacial score (nSPS) is 10.7. The molecule has 0 N–H and O–H groups in total. The summed E-state index contributed by atoms with van der Waals surface area (Å²) in [6.45, 7) is 1.98. The van der Waals surface area contributed by atoms with Gasteiger partial charge in [-0.3, -0.25) is 9.78 Å². The first-order valence-electron chi connectivity index (χ1n) is 10.1. The molecule has 1 aromatic carbocycles. The first-order chi connectivity index (χ1) is 15.5. The number of pyridine rings is 2. The highest BCUT2D eigenvalue weighted by atomic mass is 16.5. The Morgan fingerprint density at radius 2 is 1.59 bits per heavy atom. The maximum absolute atomic E-state index is 13.5. The lowest BCUT2D eigenvalue weighted by molar-refractivity contribution is 0.0529. The number of carbonyl (C=O) groups excluding carboxylic acids is 2. The molecular formula is C25H22N2O5. The molecule has 0 aliphatic heterocycles. The SMILES string of the molecule is CCOC(=O)c1cc(C(=O)c2cc(OC)cc(OC)c2)n2ccc(-c3ccncc3)cc12. The third kappa shape index (κ3) is 3.92. The number of fused-ring (bicyclic) bond motifs is 1. The zero-order chi connectivity index (χ0) is 22.7. The minimum absolute atomic E-state index is 0.233. The highest BCUT2D eigenvalue weighted by Gasteiger charge is 2.22. The summed E-state index contributed by atoms with van der Waals surface area (Å²) in [7, 11) is 3.05. The first-order valence-corrected chi connectivity index (χ1v) is 10.1. The van der Waals surface area contributed by atoms with Gasteiger partial charge in [-0.1, -0.05) is 0 Å². The second-order valence-electron chi connectivity index (χ2n) is 7.00. The van der Waals surface area contributed by atoms with Crippen LogP contribution in [-0.2, 0) is 4.74 Å². The zero-order valence-corrected chi connectivity index (χ0v) is 18.0. The Kier molecular flexibility index (Phi) is 5.89. The summed E-state index contributed by atoms with van der Waals surface area (Å²) in [6, 6.07) is 14.1. The van der Waals surface area contributed by atoms with Crippen molar-refractivity contribution in [2.24, 2.45) is 0 Å². The quantitative estimate of drug-likeness (QED) is 0.319. The summed E-state index contributed by atoms with van der Waals surface area (Å²) in [5.74, 6) is 0.238. The maximum Gasteiger partial charge on any atom is 0.340 e. The summed E-state index contributed by atoms with van der Waals surface area (Å²) >= 11 is 0. The molecule has 0 amide bonds. The zero-order valence-electron chi connectivity index (χ0n) is 18.0. The van der Waals surface area contributed by atoms with Gasteiger partial charge in [-0.05, 0) is 60.5 Å². The van der Waals surface area contributed by atoms with Crippen molar-refractivity contribution in [3.05, 3.63) is 83.9 Å². The molecule has 3 heterocycles. The van der Waals surface area contributed by atoms with E-state index in [0.29, 0.717) is 33.8 Å². The van der Waals surface area contributed by atoms with Crippen LogP contribution in [-0.4, -0.2) is 42.0 Å². The van der Waals surface area contributed by atoms with Crippen molar-refractivity contribution in [2.75, 3.05) is 20.8 Å². The van der Waals surface area contributed by atoms with Gasteiger partial charge in [0.2, 0.25) is 5.78 Å². The fraction of sp³-hybridized carbons (Fsp3) is 0.160. The average Bonchev–Trinajstić information content (AvgIpc) is 3.22. The summed E-state index contributed by atoms with van der Waals surface area (Å²) in [6.07, 6.45) is 5.18. The summed E-state index contributed by atoms with van der Waals surface area (Å²) in [5.41, 5.74) is 3.46. The molecule has 3 aromatic heterocycles. The average molecular weight is 430 g/mol. The van der Waals surface area contributed by atoms with Gasteiger partial charge in [0, 0.05) is 30.2 Å². The van der Waals surface area contributed by atoms with Crippen LogP contribution in [0.3, 0.4) is 0 Å². The largest absolute Gasteiger partial charge is 0.497 e. The number of ether oxygens (including phenoxy) is 3. The van der Waals surface area contributed by atoms with Gasteiger partial charge in [0.05, 0.1) is 37.6 Å². The number of benzene rings is 1. The molecule has 0 saturated heterocycles. The second-order valence-corrected chi connectivity index (χ2v) is 7.00. The molecule has 0 fully saturated rings. The summed E-state index contributed by atoms with van der Waals surface area (Å²) < 4.78 is 17.5. The van der Waals surface area contributed by atoms with E-state index >= 15 is 0 Å². The van der Waals surface area contributed by atoms with Gasteiger partial charge in [-0.25, -0.2) is 4.79 Å². The molecule has 7 heteroatoms. The van der Waals surface area contributed by atoms with E-state index in [9.17, 15) is 9.59 Å². The van der Waals surface area contributed by atoms with E-state index in [-0.39, 0.29) is 12.4 Å². The van der Waals surface area contributed by atoms with Crippen LogP contribution in [0, 0.1) is 0 Å². The van der Waals surface area contributed by atoms with Crippen molar-refractivity contribution in [2.45, 2.75) is 6.92 Å². The minimum atomic E-state index is -0.487. The van der Waals surface area contributed by atoms with Crippen LogP contribution in [0.15, 0.2) is 67.1 Å². The number of ketones is 1. The predicted molar refractivity (Wildman–Crippen MR) is 120 cm³/mol. The van der Waals surface area contributed by atoms with Crippen LogP contribution >= 0.6 is 0 Å². The number of carbonyl (C=O) groups is 2. The van der Waals surface area contributed by atoms with Crippen molar-refractivity contribution < 1.29 is 23.8 Å². The number of methoxy groups -OCH3 is 2. The van der Waals surface area contributed by atoms with Crippen LogP contribution in [0.2, 0.25) is 0 Å². The molecule has 0 atom stereocenters. The lowest BCUT2D eigenvalue weighted by Gasteiger charge is -2.09. The Morgan fingerprint density at radius 3 is 2.22 bits per heavy atom. The van der Waals surface area contributed by atoms with Crippen molar-refractivity contribution in [3.8, 4) is 22.6 Å². The van der Waals surface area contributed by atoms with Crippen molar-refractivity contribution in [3.63, 3.8) is 0 Å². The van der Waals surface area contributed by atoms with Gasteiger partial charge in [0.1, 0.15) is 11.5 Å². The molecule has 0 saturated carbocycles. The highest BCUT2D eigenvalue weighted by Crippen LogP contribution is 2.29. The second kappa shape index (κ2) is 8.93. The number of hydrogen-bond acceptors (Lipinski definition) is 6. The highest BCUT2D eigenvalue weighted by molar-refractivity contribution is 6.11. The Morgan fingerprint density at radius 1 is 0.906 bits per heavy atom. The third-order valence-electron chi connectivity index (χ3n) is 5.13. The smallest absolute Gasteiger partial charge is 0.340 e. The van der Waals surface area contributed by atoms with Crippen LogP contribution in [0.25, 0.3) is 16.6 Å². The van der Waals surface area contributed by atoms with E-state index in [1.165, 1.54) is 14.2 Å². The monoisotopic (exact) mass is 430 g/mol. The van der Waals surface area contributed by atoms with E-state index in [1.54, 1.807) is 54.2 Å². The molecule has 0 bridgehead atoms. The molecule has 7 nitrogen and oxygen atoms in total. The van der Waals surface area contributed by atoms with Crippen LogP contribution in [0.4, 0.5) is 0 Å². The lowest BCUT2D eigenvalue weighted by atomic mass is 10.1. The topological polar surface area (TPSA) is 79.1 Å². The maximum atomic E-state index is 13.5. The predicted octanol–water partition coefficient (Wildman–Crippen LogP) is 4.43. The van der Waals surface area contributed by atoms with Crippen molar-refractivity contribution in [1.29, 1.82) is 0 Å². The fourth-order valence-corrected chi connectivity index (χ4v) is 3.56. The number of nitrogens with zero attached hydrogens (tertiary/aromatic N) is 2. The van der Waals surface area contributed by atoms with Gasteiger partial charge in [-0.15, -0.1) is 0 Å². The van der Waals surface area contributed by atoms with Crippen LogP contribution in [0.5, 0.6) is 11.5 Å². The van der Waals surface area contributed by atoms with Crippen LogP contribution in [0.1, 0.15) is 33.3 Å². The number of esters is 1. The molecule has 0 unspecified atom stereocenters. The van der Waals surface area contributed by atoms with Gasteiger partial charge in [0.15, 0.2) is 0 Å². The number of hydrogen-bond donors (Lipinski definition) is 0. The summed E-state index contributed by atoms with van der Waals surface area (Å²) in [4.78, 5) is 30.2. The fourth-order valence-electron chi connectivity index (χ4n) is 3.56. The van der Waals surface area contributed by atoms with E-state index in [0.717, 1.165) is 11.1 Å². The standard InChI is InChI=1S/C25H22N2O5/c1-4-32-25(29)21-15-23(24(28)18-11-19(30-2)14-20(12-18)31-3)27-10-7-17(13-22(21)27)16-5-8-26-9-6-16/h5-15H,4H2,1-3H3. The number of rotatable bonds is 7. The molecule has 0 spiro atoms. The van der Waals surface area contributed by atoms with Gasteiger partial charge in [0.25, 0.3) is 0 Å². The van der Waals surface area contributed by atoms with Crippen molar-refractivity contribution >= 4 is 17.3 Å². The van der Waals surface area contributed by atoms with E-state index < -0.39 is 5.97 Å². The van der Waals surface area contributed by atoms with E-state index in [1.807, 2.05) is 24.3 Å². The Balaban J connectivity index is 1.88. The first kappa shape index (κ1) is 21.1. The molecule has 4 aromatic rings. The molecule has 4 rings (SSSR count). The molecule has 32 heavy (non-hydrogen) atoms. The summed E-state index contributed by atoms with van der Waals surface area (Å²) in [5, 5.41) is 0. The third-order valence-corrected chi connectivity index (χ3v) is 5.13. The minimum Gasteiger partial charge on any atom is -0.497 e. The molecule has 0 radical (unpaired) electrons. The lowest BCUT2D eigenvalue weighted by Crippen LogP contribution is -2.06. The van der Waals surface area contributed by atoms with Gasteiger partial charge >= 0.3 is 5.97 Å². The van der Waals surface area contributed by atoms with E-state index in [2.05, 4.69) is 4.98 Å².